The Morgan fingerprint density at radius 3 is 2.72 bits per heavy atom. The van der Waals surface area contributed by atoms with Crippen LogP contribution in [-0.4, -0.2) is 44.0 Å². The molecule has 132 valence electrons. The van der Waals surface area contributed by atoms with E-state index in [0.717, 1.165) is 12.2 Å². The standard InChI is InChI=1S/C18H21FN4O2/c1-3-22-8-7-16(20-22)11-23-13(2)18(25)21(12-17(23)24)10-14-5-4-6-15(19)9-14/h4-9,13H,3,10-12H2,1-2H3/t13-/m0/s1. The van der Waals surface area contributed by atoms with Gasteiger partial charge in [0.1, 0.15) is 18.4 Å². The summed E-state index contributed by atoms with van der Waals surface area (Å²) in [5.74, 6) is -0.622. The zero-order valence-electron chi connectivity index (χ0n) is 14.4. The molecule has 1 fully saturated rings. The number of aromatic nitrogens is 2. The van der Waals surface area contributed by atoms with Crippen LogP contribution in [0.2, 0.25) is 0 Å². The predicted molar refractivity (Wildman–Crippen MR) is 89.7 cm³/mol. The molecule has 0 N–H and O–H groups in total. The molecule has 1 aromatic carbocycles. The van der Waals surface area contributed by atoms with Crippen molar-refractivity contribution in [3.63, 3.8) is 0 Å². The second kappa shape index (κ2) is 7.04. The largest absolute Gasteiger partial charge is 0.327 e. The van der Waals surface area contributed by atoms with Crippen LogP contribution in [0.1, 0.15) is 25.1 Å². The lowest BCUT2D eigenvalue weighted by Gasteiger charge is -2.38. The van der Waals surface area contributed by atoms with Crippen LogP contribution in [0.4, 0.5) is 4.39 Å². The Labute approximate surface area is 145 Å². The number of nitrogens with zero attached hydrogens (tertiary/aromatic N) is 4. The lowest BCUT2D eigenvalue weighted by molar-refractivity contribution is -0.156. The highest BCUT2D eigenvalue weighted by Gasteiger charge is 2.36. The average Bonchev–Trinajstić information content (AvgIpc) is 3.04. The summed E-state index contributed by atoms with van der Waals surface area (Å²) in [6.07, 6.45) is 1.85. The molecule has 2 aromatic rings. The summed E-state index contributed by atoms with van der Waals surface area (Å²) in [4.78, 5) is 28.2. The molecule has 0 saturated carbocycles. The number of rotatable bonds is 5. The van der Waals surface area contributed by atoms with Gasteiger partial charge in [0.15, 0.2) is 0 Å². The van der Waals surface area contributed by atoms with Gasteiger partial charge < -0.3 is 9.80 Å². The molecule has 0 aliphatic carbocycles. The first kappa shape index (κ1) is 17.1. The van der Waals surface area contributed by atoms with Crippen molar-refractivity contribution < 1.29 is 14.0 Å². The fourth-order valence-electron chi connectivity index (χ4n) is 3.00. The molecule has 0 spiro atoms. The van der Waals surface area contributed by atoms with Gasteiger partial charge >= 0.3 is 0 Å². The van der Waals surface area contributed by atoms with E-state index < -0.39 is 6.04 Å². The number of benzene rings is 1. The topological polar surface area (TPSA) is 58.4 Å². The first-order valence-electron chi connectivity index (χ1n) is 8.33. The van der Waals surface area contributed by atoms with E-state index in [1.54, 1.807) is 28.6 Å². The Bertz CT molecular complexity index is 789. The maximum Gasteiger partial charge on any atom is 0.245 e. The molecule has 0 bridgehead atoms. The van der Waals surface area contributed by atoms with Crippen molar-refractivity contribution >= 4 is 11.8 Å². The van der Waals surface area contributed by atoms with Crippen LogP contribution in [-0.2, 0) is 29.2 Å². The molecule has 3 rings (SSSR count). The highest BCUT2D eigenvalue weighted by Crippen LogP contribution is 2.18. The number of carbonyl (C=O) groups excluding carboxylic acids is 2. The van der Waals surface area contributed by atoms with Crippen LogP contribution in [0, 0.1) is 5.82 Å². The Hall–Kier alpha value is -2.70. The Kier molecular flexibility index (Phi) is 4.83. The van der Waals surface area contributed by atoms with Gasteiger partial charge in [-0.3, -0.25) is 14.3 Å². The lowest BCUT2D eigenvalue weighted by atomic mass is 10.1. The van der Waals surface area contributed by atoms with E-state index in [1.165, 1.54) is 17.0 Å². The smallest absolute Gasteiger partial charge is 0.245 e. The summed E-state index contributed by atoms with van der Waals surface area (Å²) in [7, 11) is 0. The van der Waals surface area contributed by atoms with E-state index in [4.69, 9.17) is 0 Å². The number of amides is 2. The third kappa shape index (κ3) is 3.70. The maximum atomic E-state index is 13.3. The van der Waals surface area contributed by atoms with Gasteiger partial charge in [-0.25, -0.2) is 4.39 Å². The summed E-state index contributed by atoms with van der Waals surface area (Å²) in [6.45, 7) is 4.99. The molecule has 1 aliphatic heterocycles. The Morgan fingerprint density at radius 1 is 1.24 bits per heavy atom. The van der Waals surface area contributed by atoms with Crippen molar-refractivity contribution in [3.05, 3.63) is 53.6 Å². The van der Waals surface area contributed by atoms with Crippen molar-refractivity contribution in [1.29, 1.82) is 0 Å². The van der Waals surface area contributed by atoms with E-state index in [1.807, 2.05) is 19.2 Å². The fourth-order valence-corrected chi connectivity index (χ4v) is 3.00. The third-order valence-corrected chi connectivity index (χ3v) is 4.40. The van der Waals surface area contributed by atoms with Crippen LogP contribution in [0.3, 0.4) is 0 Å². The summed E-state index contributed by atoms with van der Waals surface area (Å²) in [5, 5.41) is 4.37. The van der Waals surface area contributed by atoms with Crippen LogP contribution < -0.4 is 0 Å². The number of hydrogen-bond donors (Lipinski definition) is 0. The van der Waals surface area contributed by atoms with Crippen LogP contribution >= 0.6 is 0 Å². The minimum absolute atomic E-state index is 0.00578. The number of piperazine rings is 1. The molecule has 7 heteroatoms. The van der Waals surface area contributed by atoms with Gasteiger partial charge in [-0.05, 0) is 37.6 Å². The van der Waals surface area contributed by atoms with Crippen molar-refractivity contribution in [2.75, 3.05) is 6.54 Å². The van der Waals surface area contributed by atoms with E-state index in [9.17, 15) is 14.0 Å². The first-order valence-corrected chi connectivity index (χ1v) is 8.33. The van der Waals surface area contributed by atoms with E-state index in [-0.39, 0.29) is 30.7 Å². The van der Waals surface area contributed by atoms with Gasteiger partial charge in [-0.1, -0.05) is 12.1 Å². The van der Waals surface area contributed by atoms with Crippen molar-refractivity contribution in [1.82, 2.24) is 19.6 Å². The van der Waals surface area contributed by atoms with Crippen molar-refractivity contribution in [2.24, 2.45) is 0 Å². The molecule has 1 saturated heterocycles. The molecule has 0 radical (unpaired) electrons. The molecule has 1 aromatic heterocycles. The summed E-state index contributed by atoms with van der Waals surface area (Å²) >= 11 is 0. The van der Waals surface area contributed by atoms with Gasteiger partial charge in [-0.2, -0.15) is 5.10 Å². The molecule has 0 unspecified atom stereocenters. The van der Waals surface area contributed by atoms with Gasteiger partial charge in [0.25, 0.3) is 0 Å². The second-order valence-electron chi connectivity index (χ2n) is 6.18. The number of hydrogen-bond acceptors (Lipinski definition) is 3. The molecule has 2 amide bonds. The molecule has 2 heterocycles. The van der Waals surface area contributed by atoms with Crippen LogP contribution in [0.25, 0.3) is 0 Å². The highest BCUT2D eigenvalue weighted by molar-refractivity contribution is 5.94. The number of aryl methyl sites for hydroxylation is 1. The fraction of sp³-hybridized carbons (Fsp3) is 0.389. The summed E-state index contributed by atoms with van der Waals surface area (Å²) in [5.41, 5.74) is 1.43. The molecule has 1 atom stereocenters. The van der Waals surface area contributed by atoms with Crippen LogP contribution in [0.5, 0.6) is 0 Å². The Morgan fingerprint density at radius 2 is 2.04 bits per heavy atom. The zero-order valence-corrected chi connectivity index (χ0v) is 14.4. The maximum absolute atomic E-state index is 13.3. The molecule has 1 aliphatic rings. The SMILES string of the molecule is CCn1ccc(CN2C(=O)CN(Cc3cccc(F)c3)C(=O)[C@@H]2C)n1. The van der Waals surface area contributed by atoms with E-state index in [2.05, 4.69) is 5.10 Å². The van der Waals surface area contributed by atoms with E-state index in [0.29, 0.717) is 12.1 Å². The number of carbonyl (C=O) groups is 2. The minimum atomic E-state index is -0.568. The monoisotopic (exact) mass is 344 g/mol. The molecular weight excluding hydrogens is 323 g/mol. The molecule has 25 heavy (non-hydrogen) atoms. The minimum Gasteiger partial charge on any atom is -0.327 e. The number of halogens is 1. The zero-order chi connectivity index (χ0) is 18.0. The molecular formula is C18H21FN4O2. The van der Waals surface area contributed by atoms with E-state index >= 15 is 0 Å². The predicted octanol–water partition coefficient (Wildman–Crippen LogP) is 1.80. The van der Waals surface area contributed by atoms with Gasteiger partial charge in [0.2, 0.25) is 11.8 Å². The van der Waals surface area contributed by atoms with Gasteiger partial charge in [-0.15, -0.1) is 0 Å². The third-order valence-electron chi connectivity index (χ3n) is 4.40. The van der Waals surface area contributed by atoms with Gasteiger partial charge in [0.05, 0.1) is 12.2 Å². The summed E-state index contributed by atoms with van der Waals surface area (Å²) in [6, 6.07) is 7.36. The lowest BCUT2D eigenvalue weighted by Crippen LogP contribution is -2.58. The Balaban J connectivity index is 1.70. The van der Waals surface area contributed by atoms with Gasteiger partial charge in [0, 0.05) is 19.3 Å². The van der Waals surface area contributed by atoms with Crippen LogP contribution in [0.15, 0.2) is 36.5 Å². The first-order chi connectivity index (χ1) is 12.0. The summed E-state index contributed by atoms with van der Waals surface area (Å²) < 4.78 is 15.1. The average molecular weight is 344 g/mol. The highest BCUT2D eigenvalue weighted by atomic mass is 19.1. The second-order valence-corrected chi connectivity index (χ2v) is 6.18. The van der Waals surface area contributed by atoms with Crippen molar-refractivity contribution in [3.8, 4) is 0 Å². The molecule has 6 nitrogen and oxygen atoms in total. The quantitative estimate of drug-likeness (QED) is 0.831. The van der Waals surface area contributed by atoms with Crippen molar-refractivity contribution in [2.45, 2.75) is 39.5 Å². The normalized spacial score (nSPS) is 18.1.